The molecule has 2 aromatic carbocycles. The van der Waals surface area contributed by atoms with Crippen molar-refractivity contribution in [2.45, 2.75) is 0 Å². The Kier molecular flexibility index (Phi) is 4.33. The van der Waals surface area contributed by atoms with Crippen molar-refractivity contribution in [1.82, 2.24) is 9.78 Å². The molecular weight excluding hydrogens is 349 g/mol. The highest BCUT2D eigenvalue weighted by Gasteiger charge is 2.12. The number of anilines is 1. The van der Waals surface area contributed by atoms with Crippen molar-refractivity contribution in [3.63, 3.8) is 0 Å². The van der Waals surface area contributed by atoms with Crippen molar-refractivity contribution in [1.29, 1.82) is 0 Å². The zero-order chi connectivity index (χ0) is 17.9. The number of nitrogens with one attached hydrogen (secondary N) is 1. The molecule has 0 saturated heterocycles. The summed E-state index contributed by atoms with van der Waals surface area (Å²) in [4.78, 5) is 12.5. The van der Waals surface area contributed by atoms with Crippen LogP contribution in [0.5, 0.6) is 0 Å². The third-order valence-electron chi connectivity index (χ3n) is 3.90. The Morgan fingerprint density at radius 3 is 2.73 bits per heavy atom. The largest absolute Gasteiger partial charge is 0.321 e. The zero-order valence-corrected chi connectivity index (χ0v) is 14.4. The van der Waals surface area contributed by atoms with Crippen molar-refractivity contribution in [2.75, 3.05) is 5.32 Å². The number of carbonyl (C=O) groups is 1. The lowest BCUT2D eigenvalue weighted by atomic mass is 10.1. The van der Waals surface area contributed by atoms with Crippen LogP contribution in [0, 0.1) is 5.82 Å². The summed E-state index contributed by atoms with van der Waals surface area (Å²) in [6.45, 7) is 0. The number of nitrogens with zero attached hydrogens (tertiary/aromatic N) is 2. The van der Waals surface area contributed by atoms with Gasteiger partial charge in [0, 0.05) is 11.9 Å². The second-order valence-electron chi connectivity index (χ2n) is 5.64. The summed E-state index contributed by atoms with van der Waals surface area (Å²) >= 11 is 1.62. The van der Waals surface area contributed by atoms with E-state index in [9.17, 15) is 9.18 Å². The average Bonchev–Trinajstić information content (AvgIpc) is 3.35. The van der Waals surface area contributed by atoms with E-state index in [1.165, 1.54) is 10.7 Å². The van der Waals surface area contributed by atoms with Crippen molar-refractivity contribution in [3.8, 4) is 16.8 Å². The molecule has 6 heteroatoms. The maximum absolute atomic E-state index is 13.9. The van der Waals surface area contributed by atoms with Gasteiger partial charge in [-0.05, 0) is 58.3 Å². The molecule has 1 N–H and O–H groups in total. The summed E-state index contributed by atoms with van der Waals surface area (Å²) in [6.07, 6.45) is 1.56. The van der Waals surface area contributed by atoms with Gasteiger partial charge in [0.25, 0.3) is 5.91 Å². The minimum atomic E-state index is -0.397. The van der Waals surface area contributed by atoms with Gasteiger partial charge in [-0.2, -0.15) is 16.4 Å². The summed E-state index contributed by atoms with van der Waals surface area (Å²) in [5.74, 6) is -0.742. The van der Waals surface area contributed by atoms with Gasteiger partial charge in [0.1, 0.15) is 11.5 Å². The number of para-hydroxylation sites is 1. The molecule has 0 aliphatic carbocycles. The molecule has 0 aliphatic heterocycles. The molecule has 4 rings (SSSR count). The van der Waals surface area contributed by atoms with Crippen LogP contribution in [-0.2, 0) is 0 Å². The Balaban J connectivity index is 1.54. The minimum Gasteiger partial charge on any atom is -0.321 e. The lowest BCUT2D eigenvalue weighted by molar-refractivity contribution is 0.102. The first-order valence-electron chi connectivity index (χ1n) is 7.95. The molecule has 0 fully saturated rings. The molecule has 0 unspecified atom stereocenters. The van der Waals surface area contributed by atoms with Crippen LogP contribution in [0.25, 0.3) is 16.8 Å². The number of halogens is 1. The molecule has 0 aliphatic rings. The molecule has 0 bridgehead atoms. The van der Waals surface area contributed by atoms with E-state index in [0.717, 1.165) is 11.1 Å². The Morgan fingerprint density at radius 1 is 1.04 bits per heavy atom. The molecule has 0 radical (unpaired) electrons. The molecule has 0 saturated carbocycles. The maximum Gasteiger partial charge on any atom is 0.276 e. The normalized spacial score (nSPS) is 10.7. The van der Waals surface area contributed by atoms with E-state index in [-0.39, 0.29) is 11.6 Å². The minimum absolute atomic E-state index is 0.217. The smallest absolute Gasteiger partial charge is 0.276 e. The van der Waals surface area contributed by atoms with Crippen LogP contribution in [-0.4, -0.2) is 15.7 Å². The average molecular weight is 363 g/mol. The Bertz CT molecular complexity index is 1060. The van der Waals surface area contributed by atoms with E-state index < -0.39 is 5.82 Å². The van der Waals surface area contributed by atoms with Crippen LogP contribution in [0.1, 0.15) is 10.5 Å². The van der Waals surface area contributed by atoms with Gasteiger partial charge in [-0.25, -0.2) is 9.07 Å². The third kappa shape index (κ3) is 3.27. The van der Waals surface area contributed by atoms with Crippen molar-refractivity contribution >= 4 is 22.9 Å². The molecule has 2 aromatic heterocycles. The lowest BCUT2D eigenvalue weighted by Crippen LogP contribution is -2.13. The predicted octanol–water partition coefficient (Wildman–Crippen LogP) is 4.99. The van der Waals surface area contributed by atoms with Crippen LogP contribution in [0.3, 0.4) is 0 Å². The van der Waals surface area contributed by atoms with Crippen LogP contribution in [0.15, 0.2) is 77.6 Å². The molecule has 4 aromatic rings. The zero-order valence-electron chi connectivity index (χ0n) is 13.6. The number of aromatic nitrogens is 2. The summed E-state index contributed by atoms with van der Waals surface area (Å²) in [7, 11) is 0. The van der Waals surface area contributed by atoms with E-state index in [1.807, 2.05) is 35.7 Å². The van der Waals surface area contributed by atoms with Crippen molar-refractivity contribution < 1.29 is 9.18 Å². The fraction of sp³-hybridized carbons (Fsp3) is 0. The number of hydrogen-bond acceptors (Lipinski definition) is 3. The lowest BCUT2D eigenvalue weighted by Gasteiger charge is -2.06. The first-order valence-corrected chi connectivity index (χ1v) is 8.89. The van der Waals surface area contributed by atoms with Gasteiger partial charge in [-0.15, -0.1) is 0 Å². The second kappa shape index (κ2) is 6.93. The van der Waals surface area contributed by atoms with Crippen molar-refractivity contribution in [3.05, 3.63) is 89.1 Å². The number of thiophene rings is 1. The van der Waals surface area contributed by atoms with E-state index in [2.05, 4.69) is 15.8 Å². The van der Waals surface area contributed by atoms with Gasteiger partial charge in [-0.1, -0.05) is 24.3 Å². The van der Waals surface area contributed by atoms with Gasteiger partial charge in [0.15, 0.2) is 5.69 Å². The van der Waals surface area contributed by atoms with E-state index in [0.29, 0.717) is 11.4 Å². The molecular formula is C20H14FN3OS. The standard InChI is InChI=1S/C20H14FN3OS/c21-17-6-1-2-7-19(17)24-10-8-18(23-24)20(25)22-16-5-3-4-14(12-16)15-9-11-26-13-15/h1-13H,(H,22,25). The molecule has 26 heavy (non-hydrogen) atoms. The third-order valence-corrected chi connectivity index (χ3v) is 4.58. The SMILES string of the molecule is O=C(Nc1cccc(-c2ccsc2)c1)c1ccn(-c2ccccc2F)n1. The fourth-order valence-corrected chi connectivity index (χ4v) is 3.28. The maximum atomic E-state index is 13.9. The fourth-order valence-electron chi connectivity index (χ4n) is 2.62. The van der Waals surface area contributed by atoms with Crippen LogP contribution in [0.4, 0.5) is 10.1 Å². The summed E-state index contributed by atoms with van der Waals surface area (Å²) < 4.78 is 15.2. The molecule has 0 atom stereocenters. The van der Waals surface area contributed by atoms with E-state index in [1.54, 1.807) is 41.8 Å². The highest BCUT2D eigenvalue weighted by molar-refractivity contribution is 7.08. The first-order chi connectivity index (χ1) is 12.7. The summed E-state index contributed by atoms with van der Waals surface area (Å²) in [5, 5.41) is 11.1. The van der Waals surface area contributed by atoms with E-state index >= 15 is 0 Å². The molecule has 128 valence electrons. The number of rotatable bonds is 4. The number of benzene rings is 2. The summed E-state index contributed by atoms with van der Waals surface area (Å²) in [6, 6.07) is 17.5. The van der Waals surface area contributed by atoms with Gasteiger partial charge >= 0.3 is 0 Å². The monoisotopic (exact) mass is 363 g/mol. The molecule has 1 amide bonds. The number of hydrogen-bond donors (Lipinski definition) is 1. The van der Waals surface area contributed by atoms with Crippen LogP contribution in [0.2, 0.25) is 0 Å². The van der Waals surface area contributed by atoms with Crippen LogP contribution < -0.4 is 5.32 Å². The topological polar surface area (TPSA) is 46.9 Å². The highest BCUT2D eigenvalue weighted by Crippen LogP contribution is 2.25. The molecule has 4 nitrogen and oxygen atoms in total. The summed E-state index contributed by atoms with van der Waals surface area (Å²) in [5.41, 5.74) is 3.33. The second-order valence-corrected chi connectivity index (χ2v) is 6.42. The predicted molar refractivity (Wildman–Crippen MR) is 101 cm³/mol. The quantitative estimate of drug-likeness (QED) is 0.555. The van der Waals surface area contributed by atoms with Crippen molar-refractivity contribution in [2.24, 2.45) is 0 Å². The molecule has 2 heterocycles. The van der Waals surface area contributed by atoms with Gasteiger partial charge in [0.2, 0.25) is 0 Å². The Labute approximate surface area is 153 Å². The van der Waals surface area contributed by atoms with Gasteiger partial charge in [-0.3, -0.25) is 4.79 Å². The number of carbonyl (C=O) groups excluding carboxylic acids is 1. The Morgan fingerprint density at radius 2 is 1.92 bits per heavy atom. The first kappa shape index (κ1) is 16.2. The van der Waals surface area contributed by atoms with Gasteiger partial charge in [0.05, 0.1) is 0 Å². The van der Waals surface area contributed by atoms with Gasteiger partial charge < -0.3 is 5.32 Å². The highest BCUT2D eigenvalue weighted by atomic mass is 32.1. The molecule has 0 spiro atoms. The number of amides is 1. The Hall–Kier alpha value is -3.25. The van der Waals surface area contributed by atoms with E-state index in [4.69, 9.17) is 0 Å². The van der Waals surface area contributed by atoms with Crippen LogP contribution >= 0.6 is 11.3 Å².